The van der Waals surface area contributed by atoms with Gasteiger partial charge in [0, 0.05) is 19.2 Å². The number of pyridine rings is 1. The van der Waals surface area contributed by atoms with Crippen molar-refractivity contribution in [2.24, 2.45) is 0 Å². The molecule has 1 fully saturated rings. The van der Waals surface area contributed by atoms with Crippen molar-refractivity contribution in [2.45, 2.75) is 32.4 Å². The fraction of sp³-hybridized carbons (Fsp3) is 0.381. The van der Waals surface area contributed by atoms with Gasteiger partial charge in [-0.3, -0.25) is 14.5 Å². The van der Waals surface area contributed by atoms with E-state index in [4.69, 9.17) is 4.74 Å². The lowest BCUT2D eigenvalue weighted by Gasteiger charge is -2.27. The normalized spacial score (nSPS) is 14.3. The molecule has 0 atom stereocenters. The highest BCUT2D eigenvalue weighted by Crippen LogP contribution is 2.16. The second-order valence-electron chi connectivity index (χ2n) is 6.83. The first-order valence-electron chi connectivity index (χ1n) is 9.54. The first kappa shape index (κ1) is 19.8. The van der Waals surface area contributed by atoms with Crippen molar-refractivity contribution in [1.29, 1.82) is 0 Å². The van der Waals surface area contributed by atoms with Gasteiger partial charge in [-0.1, -0.05) is 30.7 Å². The summed E-state index contributed by atoms with van der Waals surface area (Å²) in [4.78, 5) is 30.7. The number of nitrogens with one attached hydrogen (secondary N) is 2. The zero-order valence-corrected chi connectivity index (χ0v) is 16.1. The minimum atomic E-state index is -0.722. The first-order valence-corrected chi connectivity index (χ1v) is 9.54. The Hall–Kier alpha value is -2.93. The van der Waals surface area contributed by atoms with Crippen LogP contribution in [0.15, 0.2) is 42.6 Å². The third kappa shape index (κ3) is 5.53. The monoisotopic (exact) mass is 382 g/mol. The second-order valence-corrected chi connectivity index (χ2v) is 6.83. The van der Waals surface area contributed by atoms with Gasteiger partial charge in [0.15, 0.2) is 0 Å². The molecule has 7 heteroatoms. The summed E-state index contributed by atoms with van der Waals surface area (Å²) in [6.07, 6.45) is 5.21. The van der Waals surface area contributed by atoms with Crippen molar-refractivity contribution < 1.29 is 14.3 Å². The standard InChI is InChI=1S/C21H26N4O3/c1-28-19-10-9-18(14-22-19)24-21(27)20(26)23-13-16-7-3-4-8-17(16)15-25-11-5-2-6-12-25/h3-4,7-10,14H,2,5-6,11-13,15H2,1H3,(H,23,26)(H,24,27). The Kier molecular flexibility index (Phi) is 6.97. The van der Waals surface area contributed by atoms with Crippen molar-refractivity contribution in [1.82, 2.24) is 15.2 Å². The van der Waals surface area contributed by atoms with Crippen LogP contribution in [0.3, 0.4) is 0 Å². The Labute approximate surface area is 165 Å². The minimum absolute atomic E-state index is 0.317. The lowest BCUT2D eigenvalue weighted by atomic mass is 10.0. The summed E-state index contributed by atoms with van der Waals surface area (Å²) in [5.41, 5.74) is 2.65. The summed E-state index contributed by atoms with van der Waals surface area (Å²) in [6.45, 7) is 3.41. The van der Waals surface area contributed by atoms with Crippen LogP contribution in [0.5, 0.6) is 5.88 Å². The van der Waals surface area contributed by atoms with Crippen molar-refractivity contribution in [3.63, 3.8) is 0 Å². The zero-order valence-electron chi connectivity index (χ0n) is 16.1. The van der Waals surface area contributed by atoms with E-state index in [2.05, 4.69) is 26.6 Å². The van der Waals surface area contributed by atoms with E-state index < -0.39 is 11.8 Å². The zero-order chi connectivity index (χ0) is 19.8. The van der Waals surface area contributed by atoms with Crippen LogP contribution in [-0.2, 0) is 22.7 Å². The van der Waals surface area contributed by atoms with E-state index in [0.717, 1.165) is 25.2 Å². The molecule has 7 nitrogen and oxygen atoms in total. The Balaban J connectivity index is 1.54. The number of hydrogen-bond acceptors (Lipinski definition) is 5. The number of piperidine rings is 1. The maximum absolute atomic E-state index is 12.2. The molecule has 2 heterocycles. The molecule has 0 aliphatic carbocycles. The van der Waals surface area contributed by atoms with Crippen LogP contribution in [0.25, 0.3) is 0 Å². The number of carbonyl (C=O) groups excluding carboxylic acids is 2. The quantitative estimate of drug-likeness (QED) is 0.749. The molecular formula is C21H26N4O3. The number of benzene rings is 1. The Bertz CT molecular complexity index is 802. The van der Waals surface area contributed by atoms with E-state index in [0.29, 0.717) is 18.1 Å². The third-order valence-corrected chi connectivity index (χ3v) is 4.81. The van der Waals surface area contributed by atoms with Gasteiger partial charge in [-0.25, -0.2) is 4.98 Å². The van der Waals surface area contributed by atoms with Crippen molar-refractivity contribution in [3.8, 4) is 5.88 Å². The Morgan fingerprint density at radius 3 is 2.46 bits per heavy atom. The molecular weight excluding hydrogens is 356 g/mol. The van der Waals surface area contributed by atoms with E-state index in [1.165, 1.54) is 38.1 Å². The topological polar surface area (TPSA) is 83.6 Å². The molecule has 1 aliphatic heterocycles. The number of anilines is 1. The maximum Gasteiger partial charge on any atom is 0.313 e. The average molecular weight is 382 g/mol. The molecule has 148 valence electrons. The summed E-state index contributed by atoms with van der Waals surface area (Å²) < 4.78 is 4.97. The molecule has 1 aliphatic rings. The Morgan fingerprint density at radius 1 is 1.04 bits per heavy atom. The lowest BCUT2D eigenvalue weighted by molar-refractivity contribution is -0.136. The predicted octanol–water partition coefficient (Wildman–Crippen LogP) is 2.33. The molecule has 0 radical (unpaired) electrons. The number of amides is 2. The molecule has 0 unspecified atom stereocenters. The van der Waals surface area contributed by atoms with Crippen LogP contribution in [0.4, 0.5) is 5.69 Å². The lowest BCUT2D eigenvalue weighted by Crippen LogP contribution is -2.35. The van der Waals surface area contributed by atoms with Gasteiger partial charge in [0.05, 0.1) is 19.0 Å². The molecule has 2 amide bonds. The van der Waals surface area contributed by atoms with E-state index in [1.54, 1.807) is 12.1 Å². The molecule has 1 saturated heterocycles. The van der Waals surface area contributed by atoms with Crippen molar-refractivity contribution in [2.75, 3.05) is 25.5 Å². The van der Waals surface area contributed by atoms with Gasteiger partial charge in [-0.2, -0.15) is 0 Å². The van der Waals surface area contributed by atoms with Gasteiger partial charge in [-0.05, 0) is 43.1 Å². The summed E-state index contributed by atoms with van der Waals surface area (Å²) in [7, 11) is 1.51. The summed E-state index contributed by atoms with van der Waals surface area (Å²) in [5.74, 6) is -0.961. The van der Waals surface area contributed by atoms with Crippen LogP contribution in [0, 0.1) is 0 Å². The van der Waals surface area contributed by atoms with Crippen LogP contribution in [0.1, 0.15) is 30.4 Å². The number of aromatic nitrogens is 1. The number of hydrogen-bond donors (Lipinski definition) is 2. The van der Waals surface area contributed by atoms with Crippen LogP contribution >= 0.6 is 0 Å². The fourth-order valence-corrected chi connectivity index (χ4v) is 3.26. The van der Waals surface area contributed by atoms with Crippen LogP contribution in [-0.4, -0.2) is 41.9 Å². The molecule has 0 saturated carbocycles. The van der Waals surface area contributed by atoms with E-state index in [9.17, 15) is 9.59 Å². The first-order chi connectivity index (χ1) is 13.7. The molecule has 2 aromatic rings. The van der Waals surface area contributed by atoms with Crippen molar-refractivity contribution in [3.05, 3.63) is 53.7 Å². The highest BCUT2D eigenvalue weighted by Gasteiger charge is 2.16. The van der Waals surface area contributed by atoms with E-state index in [1.807, 2.05) is 18.2 Å². The SMILES string of the molecule is COc1ccc(NC(=O)C(=O)NCc2ccccc2CN2CCCCC2)cn1. The van der Waals surface area contributed by atoms with E-state index in [-0.39, 0.29) is 0 Å². The molecule has 3 rings (SSSR count). The van der Waals surface area contributed by atoms with Gasteiger partial charge in [0.1, 0.15) is 0 Å². The summed E-state index contributed by atoms with van der Waals surface area (Å²) >= 11 is 0. The summed E-state index contributed by atoms with van der Waals surface area (Å²) in [6, 6.07) is 11.3. The number of rotatable bonds is 6. The van der Waals surface area contributed by atoms with Gasteiger partial charge >= 0.3 is 11.8 Å². The Morgan fingerprint density at radius 2 is 1.79 bits per heavy atom. The number of carbonyl (C=O) groups is 2. The largest absolute Gasteiger partial charge is 0.481 e. The maximum atomic E-state index is 12.2. The highest BCUT2D eigenvalue weighted by atomic mass is 16.5. The smallest absolute Gasteiger partial charge is 0.313 e. The molecule has 0 spiro atoms. The van der Waals surface area contributed by atoms with Gasteiger partial charge in [0.2, 0.25) is 5.88 Å². The molecule has 2 N–H and O–H groups in total. The fourth-order valence-electron chi connectivity index (χ4n) is 3.26. The predicted molar refractivity (Wildman–Crippen MR) is 107 cm³/mol. The highest BCUT2D eigenvalue weighted by molar-refractivity contribution is 6.39. The molecule has 1 aromatic heterocycles. The minimum Gasteiger partial charge on any atom is -0.481 e. The van der Waals surface area contributed by atoms with Crippen LogP contribution < -0.4 is 15.4 Å². The number of likely N-dealkylation sites (tertiary alicyclic amines) is 1. The molecule has 0 bridgehead atoms. The van der Waals surface area contributed by atoms with Gasteiger partial charge in [0.25, 0.3) is 0 Å². The van der Waals surface area contributed by atoms with Gasteiger partial charge < -0.3 is 15.4 Å². The third-order valence-electron chi connectivity index (χ3n) is 4.81. The van der Waals surface area contributed by atoms with E-state index >= 15 is 0 Å². The number of methoxy groups -OCH3 is 1. The van der Waals surface area contributed by atoms with Gasteiger partial charge in [-0.15, -0.1) is 0 Å². The van der Waals surface area contributed by atoms with Crippen molar-refractivity contribution >= 4 is 17.5 Å². The second kappa shape index (κ2) is 9.85. The van der Waals surface area contributed by atoms with Crippen LogP contribution in [0.2, 0.25) is 0 Å². The molecule has 1 aromatic carbocycles. The average Bonchev–Trinajstić information content (AvgIpc) is 2.74. The summed E-state index contributed by atoms with van der Waals surface area (Å²) in [5, 5.41) is 5.24. The number of ether oxygens (including phenoxy) is 1. The molecule has 28 heavy (non-hydrogen) atoms. The number of nitrogens with zero attached hydrogens (tertiary/aromatic N) is 2.